The summed E-state index contributed by atoms with van der Waals surface area (Å²) < 4.78 is 66.7. The minimum atomic E-state index is -3.67. The molecular weight excluding hydrogens is 604 g/mol. The van der Waals surface area contributed by atoms with E-state index in [9.17, 15) is 21.9 Å². The summed E-state index contributed by atoms with van der Waals surface area (Å²) in [5, 5.41) is 13.8. The molecule has 3 aromatic rings. The van der Waals surface area contributed by atoms with Crippen LogP contribution < -0.4 is 20.5 Å². The molecule has 0 amide bonds. The first-order valence-corrected chi connectivity index (χ1v) is 17.6. The summed E-state index contributed by atoms with van der Waals surface area (Å²) in [5.41, 5.74) is 8.07. The number of nitrogens with zero attached hydrogens (tertiary/aromatic N) is 1. The van der Waals surface area contributed by atoms with E-state index < -0.39 is 31.8 Å². The lowest BCUT2D eigenvalue weighted by atomic mass is 9.88. The van der Waals surface area contributed by atoms with Gasteiger partial charge in [0.25, 0.3) is 0 Å². The molecule has 0 saturated carbocycles. The largest absolute Gasteiger partial charge is 0.491 e. The SMILES string of the molecule is CNS(=O)(=O)c1cccc(OC[C@@H](O)CN[C@H]2COC3(CCN(S(=O)(=O)c4cccc(-c5ccc(CN)cc5)c4)CC3)C2)c1. The van der Waals surface area contributed by atoms with Crippen LogP contribution in [-0.4, -0.2) is 83.9 Å². The third-order valence-corrected chi connectivity index (χ3v) is 11.6. The Labute approximate surface area is 259 Å². The van der Waals surface area contributed by atoms with E-state index in [1.165, 1.54) is 23.5 Å². The number of benzene rings is 3. The molecule has 2 atom stereocenters. The topological polar surface area (TPSA) is 160 Å². The van der Waals surface area contributed by atoms with Crippen molar-refractivity contribution >= 4 is 20.0 Å². The van der Waals surface area contributed by atoms with Crippen LogP contribution in [0.4, 0.5) is 0 Å². The Hall–Kier alpha value is -2.88. The van der Waals surface area contributed by atoms with E-state index in [-0.39, 0.29) is 29.0 Å². The minimum absolute atomic E-state index is 0.0121. The average Bonchev–Trinajstić information content (AvgIpc) is 3.45. The quantitative estimate of drug-likeness (QED) is 0.231. The van der Waals surface area contributed by atoms with Crippen molar-refractivity contribution in [2.75, 3.05) is 39.9 Å². The third kappa shape index (κ3) is 7.49. The van der Waals surface area contributed by atoms with Crippen molar-refractivity contribution in [1.82, 2.24) is 14.3 Å². The monoisotopic (exact) mass is 644 g/mol. The second kappa shape index (κ2) is 13.6. The molecule has 3 aromatic carbocycles. The molecule has 2 aliphatic rings. The van der Waals surface area contributed by atoms with Gasteiger partial charge in [-0.15, -0.1) is 0 Å². The standard InChI is InChI=1S/C31H40N4O7S2/c1-33-43(37,38)29-6-3-5-28(17-29)41-22-27(36)20-34-26-18-31(42-21-26)12-14-35(15-13-31)44(39,40)30-7-2-4-25(16-30)24-10-8-23(19-32)9-11-24/h2-11,16-17,26-27,33-34,36H,12-15,18-22,32H2,1H3/t26-,27+/m1/s1. The van der Waals surface area contributed by atoms with E-state index in [4.69, 9.17) is 15.2 Å². The molecule has 2 saturated heterocycles. The van der Waals surface area contributed by atoms with Gasteiger partial charge in [-0.25, -0.2) is 21.6 Å². The molecule has 1 spiro atoms. The van der Waals surface area contributed by atoms with Gasteiger partial charge in [0.05, 0.1) is 22.0 Å². The van der Waals surface area contributed by atoms with Crippen LogP contribution in [0.25, 0.3) is 11.1 Å². The molecule has 5 N–H and O–H groups in total. The number of nitrogens with one attached hydrogen (secondary N) is 2. The van der Waals surface area contributed by atoms with Crippen LogP contribution >= 0.6 is 0 Å². The van der Waals surface area contributed by atoms with Gasteiger partial charge in [0.15, 0.2) is 0 Å². The highest BCUT2D eigenvalue weighted by molar-refractivity contribution is 7.89. The summed E-state index contributed by atoms with van der Waals surface area (Å²) in [6, 6.07) is 20.9. The predicted octanol–water partition coefficient (Wildman–Crippen LogP) is 2.06. The van der Waals surface area contributed by atoms with Crippen LogP contribution in [0.5, 0.6) is 5.75 Å². The first-order valence-electron chi connectivity index (χ1n) is 14.6. The summed E-state index contributed by atoms with van der Waals surface area (Å²) in [5.74, 6) is 0.345. The molecule has 2 heterocycles. The summed E-state index contributed by atoms with van der Waals surface area (Å²) in [7, 11) is -5.92. The van der Waals surface area contributed by atoms with Gasteiger partial charge in [0, 0.05) is 38.3 Å². The minimum Gasteiger partial charge on any atom is -0.491 e. The third-order valence-electron chi connectivity index (χ3n) is 8.31. The van der Waals surface area contributed by atoms with Crippen LogP contribution in [0.2, 0.25) is 0 Å². The van der Waals surface area contributed by atoms with E-state index in [0.717, 1.165) is 16.7 Å². The molecule has 0 unspecified atom stereocenters. The van der Waals surface area contributed by atoms with Gasteiger partial charge in [-0.05, 0) is 67.3 Å². The van der Waals surface area contributed by atoms with E-state index in [2.05, 4.69) is 10.0 Å². The highest BCUT2D eigenvalue weighted by atomic mass is 32.2. The Morgan fingerprint density at radius 1 is 1.00 bits per heavy atom. The lowest BCUT2D eigenvalue weighted by Crippen LogP contribution is -2.47. The Kier molecular flexibility index (Phi) is 10.1. The Balaban J connectivity index is 1.10. The zero-order valence-electron chi connectivity index (χ0n) is 24.7. The maximum absolute atomic E-state index is 13.5. The summed E-state index contributed by atoms with van der Waals surface area (Å²) in [4.78, 5) is 0.354. The normalized spacial score (nSPS) is 19.7. The molecule has 2 fully saturated rings. The Morgan fingerprint density at radius 2 is 1.70 bits per heavy atom. The number of piperidine rings is 1. The van der Waals surface area contributed by atoms with E-state index in [1.807, 2.05) is 30.3 Å². The maximum Gasteiger partial charge on any atom is 0.243 e. The molecular formula is C31H40N4O7S2. The van der Waals surface area contributed by atoms with Crippen molar-refractivity contribution < 1.29 is 31.4 Å². The second-order valence-corrected chi connectivity index (χ2v) is 15.1. The molecule has 2 aliphatic heterocycles. The van der Waals surface area contributed by atoms with Gasteiger partial charge in [-0.1, -0.05) is 42.5 Å². The highest BCUT2D eigenvalue weighted by Crippen LogP contribution is 2.37. The predicted molar refractivity (Wildman–Crippen MR) is 167 cm³/mol. The molecule has 13 heteroatoms. The number of hydrogen-bond donors (Lipinski definition) is 4. The van der Waals surface area contributed by atoms with Crippen molar-refractivity contribution in [3.05, 3.63) is 78.4 Å². The summed E-state index contributed by atoms with van der Waals surface area (Å²) >= 11 is 0. The van der Waals surface area contributed by atoms with E-state index >= 15 is 0 Å². The number of nitrogens with two attached hydrogens (primary N) is 1. The van der Waals surface area contributed by atoms with E-state index in [0.29, 0.717) is 51.3 Å². The average molecular weight is 645 g/mol. The van der Waals surface area contributed by atoms with Crippen molar-refractivity contribution in [3.63, 3.8) is 0 Å². The number of aliphatic hydroxyl groups is 1. The van der Waals surface area contributed by atoms with Crippen LogP contribution in [-0.2, 0) is 31.3 Å². The molecule has 0 aliphatic carbocycles. The van der Waals surface area contributed by atoms with Gasteiger partial charge in [-0.3, -0.25) is 0 Å². The number of rotatable bonds is 12. The lowest BCUT2D eigenvalue weighted by molar-refractivity contribution is -0.0312. The van der Waals surface area contributed by atoms with Crippen LogP contribution in [0.3, 0.4) is 0 Å². The number of hydrogen-bond acceptors (Lipinski definition) is 9. The first-order chi connectivity index (χ1) is 21.0. The zero-order chi connectivity index (χ0) is 31.4. The van der Waals surface area contributed by atoms with Crippen LogP contribution in [0, 0.1) is 0 Å². The zero-order valence-corrected chi connectivity index (χ0v) is 26.3. The van der Waals surface area contributed by atoms with Gasteiger partial charge in [0.2, 0.25) is 20.0 Å². The lowest BCUT2D eigenvalue weighted by Gasteiger charge is -2.38. The van der Waals surface area contributed by atoms with Crippen molar-refractivity contribution in [2.24, 2.45) is 5.73 Å². The van der Waals surface area contributed by atoms with Gasteiger partial charge < -0.3 is 25.6 Å². The van der Waals surface area contributed by atoms with Crippen molar-refractivity contribution in [1.29, 1.82) is 0 Å². The molecule has 0 bridgehead atoms. The Bertz CT molecular complexity index is 1640. The molecule has 0 aromatic heterocycles. The molecule has 44 heavy (non-hydrogen) atoms. The number of sulfonamides is 2. The van der Waals surface area contributed by atoms with Gasteiger partial charge in [0.1, 0.15) is 18.5 Å². The van der Waals surface area contributed by atoms with Crippen LogP contribution in [0.1, 0.15) is 24.8 Å². The molecule has 0 radical (unpaired) electrons. The molecule has 11 nitrogen and oxygen atoms in total. The Morgan fingerprint density at radius 3 is 2.41 bits per heavy atom. The fraction of sp³-hybridized carbons (Fsp3) is 0.419. The molecule has 5 rings (SSSR count). The van der Waals surface area contributed by atoms with Crippen LogP contribution in [0.15, 0.2) is 82.6 Å². The molecule has 238 valence electrons. The summed E-state index contributed by atoms with van der Waals surface area (Å²) in [6.45, 7) is 1.90. The van der Waals surface area contributed by atoms with E-state index in [1.54, 1.807) is 30.3 Å². The summed E-state index contributed by atoms with van der Waals surface area (Å²) in [6.07, 6.45) is 1.06. The van der Waals surface area contributed by atoms with Crippen molar-refractivity contribution in [2.45, 2.75) is 53.3 Å². The fourth-order valence-electron chi connectivity index (χ4n) is 5.68. The van der Waals surface area contributed by atoms with Gasteiger partial charge >= 0.3 is 0 Å². The smallest absolute Gasteiger partial charge is 0.243 e. The van der Waals surface area contributed by atoms with Crippen molar-refractivity contribution in [3.8, 4) is 16.9 Å². The fourth-order valence-corrected chi connectivity index (χ4v) is 7.93. The van der Waals surface area contributed by atoms with Gasteiger partial charge in [-0.2, -0.15) is 4.31 Å². The second-order valence-electron chi connectivity index (χ2n) is 11.3. The highest BCUT2D eigenvalue weighted by Gasteiger charge is 2.44. The maximum atomic E-state index is 13.5. The number of ether oxygens (including phenoxy) is 2. The first kappa shape index (κ1) is 32.5. The number of aliphatic hydroxyl groups excluding tert-OH is 1.